The number of phenols is 1. The van der Waals surface area contributed by atoms with Crippen LogP contribution in [0.15, 0.2) is 29.2 Å². The first kappa shape index (κ1) is 16.9. The van der Waals surface area contributed by atoms with Crippen LogP contribution in [-0.2, 0) is 19.5 Å². The van der Waals surface area contributed by atoms with Gasteiger partial charge in [-0.15, -0.1) is 0 Å². The van der Waals surface area contributed by atoms with Gasteiger partial charge in [0.25, 0.3) is 0 Å². The topological polar surface area (TPSA) is 84.9 Å². The van der Waals surface area contributed by atoms with E-state index in [1.54, 1.807) is 19.2 Å². The molecule has 0 fully saturated rings. The van der Waals surface area contributed by atoms with Gasteiger partial charge in [0, 0.05) is 20.3 Å². The molecule has 0 aliphatic carbocycles. The molecule has 0 saturated carbocycles. The van der Waals surface area contributed by atoms with Crippen molar-refractivity contribution in [3.63, 3.8) is 0 Å². The van der Waals surface area contributed by atoms with Crippen molar-refractivity contribution in [3.05, 3.63) is 24.3 Å². The fourth-order valence-corrected chi connectivity index (χ4v) is 2.71. The normalized spacial score (nSPS) is 11.7. The van der Waals surface area contributed by atoms with Crippen molar-refractivity contribution in [2.45, 2.75) is 17.7 Å². The number of hydrogen-bond donors (Lipinski definition) is 2. The van der Waals surface area contributed by atoms with Crippen LogP contribution in [0.1, 0.15) is 12.8 Å². The Morgan fingerprint density at radius 3 is 2.60 bits per heavy atom. The third-order valence-corrected chi connectivity index (χ3v) is 4.10. The van der Waals surface area contributed by atoms with Crippen LogP contribution >= 0.6 is 0 Å². The molecule has 0 saturated heterocycles. The van der Waals surface area contributed by atoms with Crippen LogP contribution in [-0.4, -0.2) is 47.0 Å². The van der Waals surface area contributed by atoms with Crippen LogP contribution in [0.5, 0.6) is 5.75 Å². The van der Waals surface area contributed by atoms with Gasteiger partial charge in [-0.25, -0.2) is 13.1 Å². The molecule has 0 aromatic heterocycles. The van der Waals surface area contributed by atoms with Gasteiger partial charge in [0.1, 0.15) is 10.6 Å². The molecule has 0 amide bonds. The monoisotopic (exact) mass is 303 g/mol. The molecule has 0 radical (unpaired) electrons. The lowest BCUT2D eigenvalue weighted by Crippen LogP contribution is -2.25. The molecular formula is C13H21NO5S. The zero-order valence-electron chi connectivity index (χ0n) is 11.5. The molecule has 0 spiro atoms. The van der Waals surface area contributed by atoms with Crippen molar-refractivity contribution in [1.29, 1.82) is 0 Å². The van der Waals surface area contributed by atoms with Gasteiger partial charge in [-0.05, 0) is 25.0 Å². The summed E-state index contributed by atoms with van der Waals surface area (Å²) in [7, 11) is -2.04. The van der Waals surface area contributed by atoms with Gasteiger partial charge >= 0.3 is 0 Å². The van der Waals surface area contributed by atoms with Gasteiger partial charge < -0.3 is 14.6 Å². The highest BCUT2D eigenvalue weighted by Crippen LogP contribution is 2.20. The molecule has 0 heterocycles. The van der Waals surface area contributed by atoms with E-state index in [0.29, 0.717) is 32.8 Å². The number of phenolic OH excluding ortho intramolecular Hbond substituents is 1. The summed E-state index contributed by atoms with van der Waals surface area (Å²) in [5, 5.41) is 9.52. The first-order chi connectivity index (χ1) is 9.58. The van der Waals surface area contributed by atoms with Crippen molar-refractivity contribution >= 4 is 10.0 Å². The number of nitrogens with one attached hydrogen (secondary N) is 1. The summed E-state index contributed by atoms with van der Waals surface area (Å²) >= 11 is 0. The lowest BCUT2D eigenvalue weighted by Gasteiger charge is -2.08. The molecule has 0 aliphatic heterocycles. The maximum atomic E-state index is 11.9. The summed E-state index contributed by atoms with van der Waals surface area (Å²) < 4.78 is 36.4. The largest absolute Gasteiger partial charge is 0.507 e. The summed E-state index contributed by atoms with van der Waals surface area (Å²) in [6.07, 6.45) is 1.42. The Hall–Kier alpha value is -1.15. The highest BCUT2D eigenvalue weighted by atomic mass is 32.2. The Labute approximate surface area is 119 Å². The van der Waals surface area contributed by atoms with Gasteiger partial charge in [-0.1, -0.05) is 12.1 Å². The van der Waals surface area contributed by atoms with E-state index in [1.807, 2.05) is 0 Å². The molecule has 114 valence electrons. The number of rotatable bonds is 10. The minimum absolute atomic E-state index is 0.101. The fraction of sp³-hybridized carbons (Fsp3) is 0.538. The highest BCUT2D eigenvalue weighted by Gasteiger charge is 2.16. The second kappa shape index (κ2) is 8.91. The van der Waals surface area contributed by atoms with Crippen molar-refractivity contribution < 1.29 is 23.0 Å². The molecule has 0 aliphatic rings. The molecule has 0 unspecified atom stereocenters. The zero-order valence-corrected chi connectivity index (χ0v) is 12.4. The SMILES string of the molecule is COCCOCCCCNS(=O)(=O)c1ccccc1O. The standard InChI is InChI=1S/C13H21NO5S/c1-18-10-11-19-9-5-4-8-14-20(16,17)13-7-3-2-6-12(13)15/h2-3,6-7,14-15H,4-5,8-11H2,1H3. The maximum absolute atomic E-state index is 11.9. The summed E-state index contributed by atoms with van der Waals surface area (Å²) in [6, 6.07) is 5.85. The number of ether oxygens (including phenoxy) is 2. The van der Waals surface area contributed by atoms with E-state index in [9.17, 15) is 13.5 Å². The lowest BCUT2D eigenvalue weighted by molar-refractivity contribution is 0.0689. The molecule has 1 rings (SSSR count). The number of para-hydroxylation sites is 1. The average molecular weight is 303 g/mol. The highest BCUT2D eigenvalue weighted by molar-refractivity contribution is 7.89. The Bertz CT molecular complexity index is 489. The second-order valence-corrected chi connectivity index (χ2v) is 5.91. The Morgan fingerprint density at radius 2 is 1.90 bits per heavy atom. The molecule has 20 heavy (non-hydrogen) atoms. The number of hydrogen-bond acceptors (Lipinski definition) is 5. The van der Waals surface area contributed by atoms with E-state index < -0.39 is 10.0 Å². The van der Waals surface area contributed by atoms with Gasteiger partial charge in [0.15, 0.2) is 0 Å². The van der Waals surface area contributed by atoms with Crippen LogP contribution in [0.4, 0.5) is 0 Å². The Balaban J connectivity index is 2.26. The molecule has 0 bridgehead atoms. The van der Waals surface area contributed by atoms with E-state index in [4.69, 9.17) is 9.47 Å². The summed E-state index contributed by atoms with van der Waals surface area (Å²) in [6.45, 7) is 1.98. The van der Waals surface area contributed by atoms with Crippen molar-refractivity contribution in [3.8, 4) is 5.75 Å². The number of benzene rings is 1. The van der Waals surface area contributed by atoms with Crippen molar-refractivity contribution in [1.82, 2.24) is 4.72 Å². The second-order valence-electron chi connectivity index (χ2n) is 4.18. The van der Waals surface area contributed by atoms with Crippen LogP contribution < -0.4 is 4.72 Å². The predicted octanol–water partition coefficient (Wildman–Crippen LogP) is 1.11. The van der Waals surface area contributed by atoms with Gasteiger partial charge in [0.05, 0.1) is 13.2 Å². The van der Waals surface area contributed by atoms with Crippen LogP contribution in [0, 0.1) is 0 Å². The van der Waals surface area contributed by atoms with Crippen molar-refractivity contribution in [2.24, 2.45) is 0 Å². The molecule has 0 atom stereocenters. The molecule has 6 nitrogen and oxygen atoms in total. The van der Waals surface area contributed by atoms with Gasteiger partial charge in [-0.3, -0.25) is 0 Å². The summed E-state index contributed by atoms with van der Waals surface area (Å²) in [5.41, 5.74) is 0. The first-order valence-corrected chi connectivity index (χ1v) is 7.90. The Kier molecular flexibility index (Phi) is 7.53. The fourth-order valence-electron chi connectivity index (χ4n) is 1.54. The van der Waals surface area contributed by atoms with E-state index >= 15 is 0 Å². The quantitative estimate of drug-likeness (QED) is 0.633. The van der Waals surface area contributed by atoms with Crippen LogP contribution in [0.25, 0.3) is 0 Å². The predicted molar refractivity (Wildman–Crippen MR) is 75.2 cm³/mol. The number of unbranched alkanes of at least 4 members (excludes halogenated alkanes) is 1. The van der Waals surface area contributed by atoms with E-state index in [0.717, 1.165) is 6.42 Å². The van der Waals surface area contributed by atoms with Gasteiger partial charge in [-0.2, -0.15) is 0 Å². The average Bonchev–Trinajstić information content (AvgIpc) is 2.42. The summed E-state index contributed by atoms with van der Waals surface area (Å²) in [5.74, 6) is -0.247. The van der Waals surface area contributed by atoms with Crippen molar-refractivity contribution in [2.75, 3.05) is 33.5 Å². The molecular weight excluding hydrogens is 282 g/mol. The molecule has 7 heteroatoms. The van der Waals surface area contributed by atoms with E-state index in [-0.39, 0.29) is 10.6 Å². The molecule has 1 aromatic rings. The number of methoxy groups -OCH3 is 1. The lowest BCUT2D eigenvalue weighted by atomic mass is 10.3. The molecule has 1 aromatic carbocycles. The molecule has 2 N–H and O–H groups in total. The van der Waals surface area contributed by atoms with Gasteiger partial charge in [0.2, 0.25) is 10.0 Å². The van der Waals surface area contributed by atoms with Crippen LogP contribution in [0.3, 0.4) is 0 Å². The minimum atomic E-state index is -3.65. The maximum Gasteiger partial charge on any atom is 0.244 e. The Morgan fingerprint density at radius 1 is 1.15 bits per heavy atom. The van der Waals surface area contributed by atoms with Crippen LogP contribution in [0.2, 0.25) is 0 Å². The van der Waals surface area contributed by atoms with E-state index in [1.165, 1.54) is 12.1 Å². The number of sulfonamides is 1. The third kappa shape index (κ3) is 5.87. The smallest absolute Gasteiger partial charge is 0.244 e. The van der Waals surface area contributed by atoms with E-state index in [2.05, 4.69) is 4.72 Å². The number of aromatic hydroxyl groups is 1. The zero-order chi connectivity index (χ0) is 14.8. The third-order valence-electron chi connectivity index (χ3n) is 2.59. The summed E-state index contributed by atoms with van der Waals surface area (Å²) in [4.78, 5) is -0.101. The minimum Gasteiger partial charge on any atom is -0.507 e. The first-order valence-electron chi connectivity index (χ1n) is 6.42.